The average molecular weight is 420 g/mol. The molecule has 4 aromatic rings. The van der Waals surface area contributed by atoms with E-state index in [0.29, 0.717) is 27.8 Å². The molecule has 0 fully saturated rings. The molecule has 4 rings (SSSR count). The summed E-state index contributed by atoms with van der Waals surface area (Å²) < 4.78 is 1.30. The SMILES string of the molecule is Cc1ccc(N=Nc2c(C)[nH]n(-c3nc(-c4cccc([N+](=O)[O-])c4)cs3)c2=O)cc1. The topological polar surface area (TPSA) is 119 Å². The van der Waals surface area contributed by atoms with Crippen LogP contribution in [0.2, 0.25) is 0 Å². The molecule has 9 nitrogen and oxygen atoms in total. The van der Waals surface area contributed by atoms with Crippen LogP contribution in [0.15, 0.2) is 68.9 Å². The number of hydrogen-bond donors (Lipinski definition) is 1. The van der Waals surface area contributed by atoms with Crippen LogP contribution >= 0.6 is 11.3 Å². The Morgan fingerprint density at radius 2 is 1.90 bits per heavy atom. The number of benzene rings is 2. The third-order valence-corrected chi connectivity index (χ3v) is 5.20. The van der Waals surface area contributed by atoms with Gasteiger partial charge in [0.25, 0.3) is 5.69 Å². The summed E-state index contributed by atoms with van der Waals surface area (Å²) in [6.45, 7) is 3.71. The van der Waals surface area contributed by atoms with Gasteiger partial charge < -0.3 is 0 Å². The first-order valence-corrected chi connectivity index (χ1v) is 9.81. The molecule has 0 saturated heterocycles. The number of aryl methyl sites for hydroxylation is 2. The number of aromatic nitrogens is 3. The van der Waals surface area contributed by atoms with E-state index in [4.69, 9.17) is 0 Å². The predicted molar refractivity (Wildman–Crippen MR) is 114 cm³/mol. The second-order valence-corrected chi connectivity index (χ2v) is 7.42. The fourth-order valence-electron chi connectivity index (χ4n) is 2.79. The van der Waals surface area contributed by atoms with Gasteiger partial charge in [-0.1, -0.05) is 29.8 Å². The lowest BCUT2D eigenvalue weighted by Crippen LogP contribution is -2.13. The molecule has 150 valence electrons. The van der Waals surface area contributed by atoms with E-state index in [1.54, 1.807) is 24.4 Å². The molecule has 0 aliphatic heterocycles. The zero-order chi connectivity index (χ0) is 21.3. The highest BCUT2D eigenvalue weighted by Gasteiger charge is 2.16. The second-order valence-electron chi connectivity index (χ2n) is 6.58. The van der Waals surface area contributed by atoms with E-state index in [1.165, 1.54) is 28.2 Å². The molecule has 0 atom stereocenters. The molecule has 10 heteroatoms. The second kappa shape index (κ2) is 7.84. The van der Waals surface area contributed by atoms with Crippen molar-refractivity contribution < 1.29 is 4.92 Å². The molecule has 0 aliphatic carbocycles. The molecule has 0 unspecified atom stereocenters. The van der Waals surface area contributed by atoms with Crippen LogP contribution in [-0.4, -0.2) is 19.7 Å². The first kappa shape index (κ1) is 19.4. The van der Waals surface area contributed by atoms with Crippen LogP contribution < -0.4 is 5.56 Å². The van der Waals surface area contributed by atoms with E-state index in [9.17, 15) is 14.9 Å². The van der Waals surface area contributed by atoms with Gasteiger partial charge in [0, 0.05) is 23.1 Å². The largest absolute Gasteiger partial charge is 0.301 e. The van der Waals surface area contributed by atoms with Gasteiger partial charge in [0.05, 0.1) is 22.0 Å². The molecule has 0 aliphatic rings. The van der Waals surface area contributed by atoms with Gasteiger partial charge >= 0.3 is 5.56 Å². The molecular formula is C20H16N6O3S. The first-order valence-electron chi connectivity index (χ1n) is 8.93. The Hall–Kier alpha value is -3.92. The number of aromatic amines is 1. The van der Waals surface area contributed by atoms with E-state index < -0.39 is 4.92 Å². The van der Waals surface area contributed by atoms with Gasteiger partial charge in [-0.3, -0.25) is 20.0 Å². The number of nitrogens with one attached hydrogen (secondary N) is 1. The third-order valence-electron chi connectivity index (χ3n) is 4.38. The van der Waals surface area contributed by atoms with E-state index >= 15 is 0 Å². The number of hydrogen-bond acceptors (Lipinski definition) is 7. The molecule has 0 saturated carbocycles. The molecule has 30 heavy (non-hydrogen) atoms. The molecule has 2 heterocycles. The molecule has 2 aromatic carbocycles. The number of azo groups is 1. The van der Waals surface area contributed by atoms with Crippen molar-refractivity contribution in [2.75, 3.05) is 0 Å². The highest BCUT2D eigenvalue weighted by atomic mass is 32.1. The minimum absolute atomic E-state index is 0.0197. The maximum absolute atomic E-state index is 12.8. The lowest BCUT2D eigenvalue weighted by Gasteiger charge is -1.97. The number of nitrogens with zero attached hydrogens (tertiary/aromatic N) is 5. The van der Waals surface area contributed by atoms with Crippen LogP contribution in [0.25, 0.3) is 16.4 Å². The summed E-state index contributed by atoms with van der Waals surface area (Å²) in [5.41, 5.74) is 3.26. The fraction of sp³-hybridized carbons (Fsp3) is 0.100. The van der Waals surface area contributed by atoms with Gasteiger partial charge in [-0.25, -0.2) is 4.98 Å². The third kappa shape index (κ3) is 3.80. The van der Waals surface area contributed by atoms with E-state index in [2.05, 4.69) is 20.3 Å². The van der Waals surface area contributed by atoms with Gasteiger partial charge in [-0.2, -0.15) is 9.80 Å². The van der Waals surface area contributed by atoms with Crippen LogP contribution in [0.5, 0.6) is 0 Å². The lowest BCUT2D eigenvalue weighted by molar-refractivity contribution is -0.384. The summed E-state index contributed by atoms with van der Waals surface area (Å²) in [5.74, 6) is 0. The zero-order valence-corrected chi connectivity index (χ0v) is 16.9. The molecular weight excluding hydrogens is 404 g/mol. The Balaban J connectivity index is 1.65. The number of non-ortho nitro benzene ring substituents is 1. The zero-order valence-electron chi connectivity index (χ0n) is 16.1. The Kier molecular flexibility index (Phi) is 5.07. The average Bonchev–Trinajstić information content (AvgIpc) is 3.33. The number of nitro benzene ring substituents is 1. The Morgan fingerprint density at radius 3 is 2.63 bits per heavy atom. The number of thiazole rings is 1. The normalized spacial score (nSPS) is 11.3. The van der Waals surface area contributed by atoms with Crippen LogP contribution in [-0.2, 0) is 0 Å². The molecule has 0 amide bonds. The molecule has 0 radical (unpaired) electrons. The number of H-pyrrole nitrogens is 1. The van der Waals surface area contributed by atoms with E-state index in [1.807, 2.05) is 31.2 Å². The van der Waals surface area contributed by atoms with Gasteiger partial charge in [0.15, 0.2) is 5.69 Å². The standard InChI is InChI=1S/C20H16N6O3S/c1-12-6-8-15(9-7-12)22-23-18-13(2)24-25(19(18)27)20-21-17(11-30-20)14-4-3-5-16(10-14)26(28)29/h3-11,24H,1-2H3. The fourth-order valence-corrected chi connectivity index (χ4v) is 3.58. The summed E-state index contributed by atoms with van der Waals surface area (Å²) in [4.78, 5) is 27.8. The summed E-state index contributed by atoms with van der Waals surface area (Å²) in [6, 6.07) is 13.7. The quantitative estimate of drug-likeness (QED) is 0.270. The van der Waals surface area contributed by atoms with Crippen molar-refractivity contribution in [1.82, 2.24) is 14.8 Å². The minimum atomic E-state index is -0.457. The van der Waals surface area contributed by atoms with Gasteiger partial charge in [0.1, 0.15) is 0 Å². The summed E-state index contributed by atoms with van der Waals surface area (Å²) in [6.07, 6.45) is 0. The number of rotatable bonds is 5. The van der Waals surface area contributed by atoms with Crippen LogP contribution in [0, 0.1) is 24.0 Å². The van der Waals surface area contributed by atoms with E-state index in [0.717, 1.165) is 5.56 Å². The highest BCUT2D eigenvalue weighted by Crippen LogP contribution is 2.27. The molecule has 2 aromatic heterocycles. The monoisotopic (exact) mass is 420 g/mol. The van der Waals surface area contributed by atoms with E-state index in [-0.39, 0.29) is 16.9 Å². The van der Waals surface area contributed by atoms with Gasteiger partial charge in [0.2, 0.25) is 5.13 Å². The predicted octanol–water partition coefficient (Wildman–Crippen LogP) is 5.23. The van der Waals surface area contributed by atoms with Crippen molar-refractivity contribution in [2.24, 2.45) is 10.2 Å². The van der Waals surface area contributed by atoms with Crippen molar-refractivity contribution in [1.29, 1.82) is 0 Å². The maximum atomic E-state index is 12.8. The maximum Gasteiger partial charge on any atom is 0.301 e. The van der Waals surface area contributed by atoms with Crippen molar-refractivity contribution in [2.45, 2.75) is 13.8 Å². The lowest BCUT2D eigenvalue weighted by atomic mass is 10.1. The number of nitro groups is 1. The van der Waals surface area contributed by atoms with Crippen molar-refractivity contribution in [3.8, 4) is 16.4 Å². The van der Waals surface area contributed by atoms with Crippen molar-refractivity contribution in [3.05, 3.63) is 85.6 Å². The first-order chi connectivity index (χ1) is 14.4. The van der Waals surface area contributed by atoms with Crippen molar-refractivity contribution in [3.63, 3.8) is 0 Å². The Morgan fingerprint density at radius 1 is 1.13 bits per heavy atom. The summed E-state index contributed by atoms with van der Waals surface area (Å²) >= 11 is 1.24. The van der Waals surface area contributed by atoms with Gasteiger partial charge in [-0.15, -0.1) is 16.5 Å². The smallest absolute Gasteiger partial charge is 0.291 e. The molecule has 0 spiro atoms. The Labute approximate surface area is 174 Å². The van der Waals surface area contributed by atoms with Crippen LogP contribution in [0.4, 0.5) is 17.1 Å². The highest BCUT2D eigenvalue weighted by molar-refractivity contribution is 7.12. The summed E-state index contributed by atoms with van der Waals surface area (Å²) in [7, 11) is 0. The minimum Gasteiger partial charge on any atom is -0.291 e. The van der Waals surface area contributed by atoms with Crippen LogP contribution in [0.3, 0.4) is 0 Å². The Bertz CT molecular complexity index is 1320. The van der Waals surface area contributed by atoms with Crippen molar-refractivity contribution >= 4 is 28.4 Å². The molecule has 0 bridgehead atoms. The van der Waals surface area contributed by atoms with Gasteiger partial charge in [-0.05, 0) is 26.0 Å². The summed E-state index contributed by atoms with van der Waals surface area (Å²) in [5, 5.41) is 24.3. The van der Waals surface area contributed by atoms with Crippen LogP contribution in [0.1, 0.15) is 11.3 Å². The molecule has 1 N–H and O–H groups in total.